The first-order valence-corrected chi connectivity index (χ1v) is 11.0. The molecule has 0 aliphatic carbocycles. The summed E-state index contributed by atoms with van der Waals surface area (Å²) in [6, 6.07) is 11.5. The number of aromatic nitrogens is 2. The van der Waals surface area contributed by atoms with E-state index in [1.807, 2.05) is 24.5 Å². The van der Waals surface area contributed by atoms with Gasteiger partial charge in [0, 0.05) is 48.8 Å². The van der Waals surface area contributed by atoms with E-state index in [2.05, 4.69) is 46.2 Å². The Kier molecular flexibility index (Phi) is 5.26. The molecule has 0 saturated carbocycles. The van der Waals surface area contributed by atoms with E-state index >= 15 is 0 Å². The third-order valence-corrected chi connectivity index (χ3v) is 6.67. The van der Waals surface area contributed by atoms with Crippen LogP contribution in [0.5, 0.6) is 0 Å². The molecule has 0 radical (unpaired) electrons. The average molecular weight is 402 g/mol. The molecular weight excluding hydrogens is 373 g/mol. The molecule has 0 amide bonds. The van der Waals surface area contributed by atoms with E-state index in [4.69, 9.17) is 0 Å². The van der Waals surface area contributed by atoms with Crippen molar-refractivity contribution in [3.63, 3.8) is 0 Å². The van der Waals surface area contributed by atoms with Crippen LogP contribution in [-0.2, 0) is 0 Å². The van der Waals surface area contributed by atoms with Gasteiger partial charge < -0.3 is 4.98 Å². The molecule has 0 unspecified atom stereocenters. The van der Waals surface area contributed by atoms with Gasteiger partial charge in [-0.3, -0.25) is 9.88 Å². The van der Waals surface area contributed by atoms with Crippen molar-refractivity contribution < 1.29 is 4.39 Å². The lowest BCUT2D eigenvalue weighted by atomic mass is 9.89. The molecule has 3 aromatic rings. The first kappa shape index (κ1) is 19.3. The van der Waals surface area contributed by atoms with Crippen LogP contribution in [0.3, 0.4) is 0 Å². The van der Waals surface area contributed by atoms with E-state index < -0.39 is 0 Å². The maximum absolute atomic E-state index is 13.5. The second kappa shape index (κ2) is 8.19. The van der Waals surface area contributed by atoms with Crippen LogP contribution in [0.25, 0.3) is 28.0 Å². The number of nitrogens with zero attached hydrogens (tertiary/aromatic N) is 2. The second-order valence-electron chi connectivity index (χ2n) is 8.63. The van der Waals surface area contributed by atoms with E-state index in [1.165, 1.54) is 54.6 Å². The van der Waals surface area contributed by atoms with Crippen molar-refractivity contribution in [2.45, 2.75) is 38.6 Å². The van der Waals surface area contributed by atoms with Gasteiger partial charge in [0.1, 0.15) is 5.82 Å². The quantitative estimate of drug-likeness (QED) is 0.555. The Hall–Kier alpha value is -2.72. The SMILES string of the molecule is CCC[C@H]1C[C@@H]2CC(c3c[nH]c(-c4ccc(F)cc4)c3-c3ccncc3)=CCN2C1. The van der Waals surface area contributed by atoms with Crippen molar-refractivity contribution in [3.05, 3.63) is 72.4 Å². The van der Waals surface area contributed by atoms with Crippen molar-refractivity contribution in [1.82, 2.24) is 14.9 Å². The molecule has 1 N–H and O–H groups in total. The maximum atomic E-state index is 13.5. The first-order chi connectivity index (χ1) is 14.7. The number of aromatic amines is 1. The zero-order valence-corrected chi connectivity index (χ0v) is 17.4. The summed E-state index contributed by atoms with van der Waals surface area (Å²) >= 11 is 0. The van der Waals surface area contributed by atoms with Crippen molar-refractivity contribution >= 4 is 5.57 Å². The monoisotopic (exact) mass is 401 g/mol. The second-order valence-corrected chi connectivity index (χ2v) is 8.63. The highest BCUT2D eigenvalue weighted by Crippen LogP contribution is 2.42. The van der Waals surface area contributed by atoms with Crippen molar-refractivity contribution in [2.75, 3.05) is 13.1 Å². The van der Waals surface area contributed by atoms with Gasteiger partial charge in [0.25, 0.3) is 0 Å². The van der Waals surface area contributed by atoms with Crippen LogP contribution in [-0.4, -0.2) is 34.0 Å². The number of halogens is 1. The van der Waals surface area contributed by atoms with Gasteiger partial charge in [-0.25, -0.2) is 4.39 Å². The summed E-state index contributed by atoms with van der Waals surface area (Å²) in [4.78, 5) is 10.4. The molecule has 1 aromatic carbocycles. The van der Waals surface area contributed by atoms with Crippen molar-refractivity contribution in [3.8, 4) is 22.4 Å². The van der Waals surface area contributed by atoms with Gasteiger partial charge >= 0.3 is 0 Å². The Bertz CT molecular complexity index is 1040. The third kappa shape index (κ3) is 3.61. The Labute approximate surface area is 177 Å². The predicted octanol–water partition coefficient (Wildman–Crippen LogP) is 6.16. The molecule has 4 heteroatoms. The van der Waals surface area contributed by atoms with Gasteiger partial charge in [-0.1, -0.05) is 19.4 Å². The van der Waals surface area contributed by atoms with Crippen LogP contribution < -0.4 is 0 Å². The van der Waals surface area contributed by atoms with E-state index in [-0.39, 0.29) is 5.82 Å². The Balaban J connectivity index is 1.52. The number of hydrogen-bond donors (Lipinski definition) is 1. The Morgan fingerprint density at radius 2 is 1.90 bits per heavy atom. The lowest BCUT2D eigenvalue weighted by molar-refractivity contribution is 0.271. The van der Waals surface area contributed by atoms with Crippen LogP contribution in [0.4, 0.5) is 4.39 Å². The highest BCUT2D eigenvalue weighted by atomic mass is 19.1. The van der Waals surface area contributed by atoms with Crippen LogP contribution >= 0.6 is 0 Å². The molecule has 0 bridgehead atoms. The summed E-state index contributed by atoms with van der Waals surface area (Å²) in [5.74, 6) is 0.627. The zero-order valence-electron chi connectivity index (χ0n) is 17.4. The smallest absolute Gasteiger partial charge is 0.123 e. The fourth-order valence-corrected chi connectivity index (χ4v) is 5.27. The van der Waals surface area contributed by atoms with Crippen molar-refractivity contribution in [1.29, 1.82) is 0 Å². The molecule has 5 rings (SSSR count). The summed E-state index contributed by atoms with van der Waals surface area (Å²) in [5.41, 5.74) is 7.04. The van der Waals surface area contributed by atoms with Crippen LogP contribution in [0.15, 0.2) is 61.1 Å². The summed E-state index contributed by atoms with van der Waals surface area (Å²) in [5, 5.41) is 0. The van der Waals surface area contributed by atoms with E-state index in [0.717, 1.165) is 35.7 Å². The first-order valence-electron chi connectivity index (χ1n) is 11.0. The summed E-state index contributed by atoms with van der Waals surface area (Å²) in [6.07, 6.45) is 13.2. The molecule has 1 fully saturated rings. The Morgan fingerprint density at radius 1 is 1.10 bits per heavy atom. The summed E-state index contributed by atoms with van der Waals surface area (Å²) in [6.45, 7) is 4.57. The van der Waals surface area contributed by atoms with Gasteiger partial charge in [0.05, 0.1) is 5.69 Å². The minimum Gasteiger partial charge on any atom is -0.360 e. The molecule has 2 aliphatic heterocycles. The largest absolute Gasteiger partial charge is 0.360 e. The molecule has 2 atom stereocenters. The van der Waals surface area contributed by atoms with Gasteiger partial charge in [-0.05, 0) is 78.3 Å². The number of nitrogens with one attached hydrogen (secondary N) is 1. The highest BCUT2D eigenvalue weighted by Gasteiger charge is 2.34. The molecule has 0 spiro atoms. The predicted molar refractivity (Wildman–Crippen MR) is 120 cm³/mol. The van der Waals surface area contributed by atoms with E-state index in [0.29, 0.717) is 6.04 Å². The minimum absolute atomic E-state index is 0.214. The molecular formula is C26H28FN3. The molecule has 1 saturated heterocycles. The summed E-state index contributed by atoms with van der Waals surface area (Å²) < 4.78 is 13.5. The molecule has 2 aliphatic rings. The number of pyridine rings is 1. The molecule has 2 aromatic heterocycles. The van der Waals surface area contributed by atoms with Gasteiger partial charge in [0.15, 0.2) is 0 Å². The van der Waals surface area contributed by atoms with Gasteiger partial charge in [0.2, 0.25) is 0 Å². The summed E-state index contributed by atoms with van der Waals surface area (Å²) in [7, 11) is 0. The molecule has 4 heterocycles. The third-order valence-electron chi connectivity index (χ3n) is 6.67. The fraction of sp³-hybridized carbons (Fsp3) is 0.346. The van der Waals surface area contributed by atoms with Gasteiger partial charge in [-0.15, -0.1) is 0 Å². The van der Waals surface area contributed by atoms with Gasteiger partial charge in [-0.2, -0.15) is 0 Å². The number of H-pyrrole nitrogens is 1. The highest BCUT2D eigenvalue weighted by molar-refractivity contribution is 5.91. The van der Waals surface area contributed by atoms with E-state index in [1.54, 1.807) is 0 Å². The number of fused-ring (bicyclic) bond motifs is 1. The van der Waals surface area contributed by atoms with Crippen LogP contribution in [0.1, 0.15) is 38.2 Å². The Morgan fingerprint density at radius 3 is 2.67 bits per heavy atom. The van der Waals surface area contributed by atoms with E-state index in [9.17, 15) is 4.39 Å². The standard InChI is InChI=1S/C26H28FN3/c1-2-3-18-14-23-15-21(10-13-30(23)17-18)24-16-29-26(20-4-6-22(27)7-5-20)25(24)19-8-11-28-12-9-19/h4-12,16,18,23,29H,2-3,13-15,17H2,1H3/t18-,23+/m0/s1. The topological polar surface area (TPSA) is 31.9 Å². The lowest BCUT2D eigenvalue weighted by Gasteiger charge is -2.29. The number of hydrogen-bond acceptors (Lipinski definition) is 2. The van der Waals surface area contributed by atoms with Crippen LogP contribution in [0.2, 0.25) is 0 Å². The zero-order chi connectivity index (χ0) is 20.5. The number of rotatable bonds is 5. The molecule has 3 nitrogen and oxygen atoms in total. The maximum Gasteiger partial charge on any atom is 0.123 e. The molecule has 154 valence electrons. The fourth-order valence-electron chi connectivity index (χ4n) is 5.27. The normalized spacial score (nSPS) is 21.5. The lowest BCUT2D eigenvalue weighted by Crippen LogP contribution is -2.33. The minimum atomic E-state index is -0.214. The van der Waals surface area contributed by atoms with Crippen molar-refractivity contribution in [2.24, 2.45) is 5.92 Å². The van der Waals surface area contributed by atoms with Crippen LogP contribution in [0, 0.1) is 11.7 Å². The number of benzene rings is 1. The molecule has 30 heavy (non-hydrogen) atoms. The average Bonchev–Trinajstić information content (AvgIpc) is 3.38.